The fraction of sp³-hybridized carbons (Fsp3) is 0.391. The molecule has 0 unspecified atom stereocenters. The summed E-state index contributed by atoms with van der Waals surface area (Å²) in [6.45, 7) is 7.00. The van der Waals surface area contributed by atoms with Crippen LogP contribution in [0, 0.1) is 0 Å². The van der Waals surface area contributed by atoms with Crippen molar-refractivity contribution in [2.24, 2.45) is 0 Å². The molecule has 0 atom stereocenters. The molecule has 6 rings (SSSR count). The van der Waals surface area contributed by atoms with Crippen molar-refractivity contribution in [3.63, 3.8) is 0 Å². The van der Waals surface area contributed by atoms with Crippen LogP contribution in [0.3, 0.4) is 0 Å². The Hall–Kier alpha value is -1.44. The average Bonchev–Trinajstić information content (AvgIpc) is 2.70. The molecular formula is C23H30GeN4. The Morgan fingerprint density at radius 3 is 1.50 bits per heavy atom. The summed E-state index contributed by atoms with van der Waals surface area (Å²) < 4.78 is 9.91. The zero-order chi connectivity index (χ0) is 19.3. The van der Waals surface area contributed by atoms with Crippen LogP contribution in [0.15, 0.2) is 54.6 Å². The third kappa shape index (κ3) is 2.66. The van der Waals surface area contributed by atoms with E-state index in [9.17, 15) is 0 Å². The van der Waals surface area contributed by atoms with Gasteiger partial charge in [0, 0.05) is 0 Å². The van der Waals surface area contributed by atoms with Crippen LogP contribution in [0.25, 0.3) is 21.5 Å². The SMILES string of the molecule is C[N]1CCN2CC[N](C)[Ge]1([c]1c3ccccc3cc3ccccc13)[N](C)CC2. The summed E-state index contributed by atoms with van der Waals surface area (Å²) >= 11 is -2.97. The summed E-state index contributed by atoms with van der Waals surface area (Å²) in [5.74, 6) is 0. The Morgan fingerprint density at radius 2 is 1.04 bits per heavy atom. The van der Waals surface area contributed by atoms with Crippen LogP contribution in [0.1, 0.15) is 0 Å². The Balaban J connectivity index is 1.91. The van der Waals surface area contributed by atoms with Crippen LogP contribution < -0.4 is 4.40 Å². The maximum absolute atomic E-state index is 2.97. The van der Waals surface area contributed by atoms with Gasteiger partial charge in [0.1, 0.15) is 0 Å². The molecule has 28 heavy (non-hydrogen) atoms. The van der Waals surface area contributed by atoms with Gasteiger partial charge in [0.05, 0.1) is 0 Å². The van der Waals surface area contributed by atoms with Crippen LogP contribution in [0.4, 0.5) is 0 Å². The second-order valence-corrected chi connectivity index (χ2v) is 17.0. The van der Waals surface area contributed by atoms with Gasteiger partial charge in [0.25, 0.3) is 0 Å². The second kappa shape index (κ2) is 7.11. The first kappa shape index (κ1) is 18.6. The van der Waals surface area contributed by atoms with E-state index in [0.717, 1.165) is 19.6 Å². The van der Waals surface area contributed by atoms with Crippen molar-refractivity contribution >= 4 is 39.9 Å². The topological polar surface area (TPSA) is 13.0 Å². The molecule has 3 aliphatic rings. The van der Waals surface area contributed by atoms with E-state index in [-0.39, 0.29) is 0 Å². The minimum atomic E-state index is -2.97. The molecule has 2 bridgehead atoms. The van der Waals surface area contributed by atoms with E-state index in [2.05, 4.69) is 92.2 Å². The first-order valence-electron chi connectivity index (χ1n) is 10.4. The van der Waals surface area contributed by atoms with Crippen molar-refractivity contribution in [3.05, 3.63) is 54.6 Å². The Kier molecular flexibility index (Phi) is 4.72. The predicted octanol–water partition coefficient (Wildman–Crippen LogP) is 2.26. The summed E-state index contributed by atoms with van der Waals surface area (Å²) in [6, 6.07) is 20.5. The van der Waals surface area contributed by atoms with Gasteiger partial charge >= 0.3 is 171 Å². The van der Waals surface area contributed by atoms with E-state index >= 15 is 0 Å². The van der Waals surface area contributed by atoms with E-state index in [1.54, 1.807) is 4.40 Å². The summed E-state index contributed by atoms with van der Waals surface area (Å²) in [4.78, 5) is 2.63. The number of rotatable bonds is 1. The number of hydrogen-bond donors (Lipinski definition) is 0. The van der Waals surface area contributed by atoms with Crippen molar-refractivity contribution in [3.8, 4) is 0 Å². The van der Waals surface area contributed by atoms with Crippen LogP contribution in [-0.2, 0) is 0 Å². The molecule has 3 aliphatic heterocycles. The summed E-state index contributed by atoms with van der Waals surface area (Å²) in [6.07, 6.45) is 0. The van der Waals surface area contributed by atoms with Gasteiger partial charge in [0.2, 0.25) is 0 Å². The summed E-state index contributed by atoms with van der Waals surface area (Å²) in [5, 5.41) is 5.64. The van der Waals surface area contributed by atoms with E-state index in [4.69, 9.17) is 0 Å². The zero-order valence-electron chi connectivity index (χ0n) is 17.2. The van der Waals surface area contributed by atoms with Crippen LogP contribution in [0.5, 0.6) is 0 Å². The first-order valence-corrected chi connectivity index (χ1v) is 14.3. The molecule has 0 aromatic heterocycles. The number of benzene rings is 3. The molecule has 0 aliphatic carbocycles. The summed E-state index contributed by atoms with van der Waals surface area (Å²) in [7, 11) is 7.16. The average molecular weight is 435 g/mol. The number of fused-ring (bicyclic) bond motifs is 8. The molecule has 4 nitrogen and oxygen atoms in total. The number of hydrogen-bond acceptors (Lipinski definition) is 4. The van der Waals surface area contributed by atoms with E-state index in [0.29, 0.717) is 0 Å². The molecule has 0 radical (unpaired) electrons. The van der Waals surface area contributed by atoms with E-state index in [1.165, 1.54) is 41.2 Å². The molecule has 146 valence electrons. The molecule has 3 fully saturated rings. The van der Waals surface area contributed by atoms with Crippen molar-refractivity contribution < 1.29 is 0 Å². The number of nitrogens with zero attached hydrogens (tertiary/aromatic N) is 4. The molecule has 0 N–H and O–H groups in total. The van der Waals surface area contributed by atoms with Gasteiger partial charge in [-0.25, -0.2) is 0 Å². The maximum atomic E-state index is 2.76. The van der Waals surface area contributed by atoms with Crippen LogP contribution >= 0.6 is 0 Å². The van der Waals surface area contributed by atoms with Gasteiger partial charge in [-0.15, -0.1) is 0 Å². The normalized spacial score (nSPS) is 27.8. The van der Waals surface area contributed by atoms with Gasteiger partial charge < -0.3 is 0 Å². The van der Waals surface area contributed by atoms with Crippen molar-refractivity contribution in [2.75, 3.05) is 60.4 Å². The van der Waals surface area contributed by atoms with Crippen molar-refractivity contribution in [1.29, 1.82) is 0 Å². The third-order valence-corrected chi connectivity index (χ3v) is 17.6. The Morgan fingerprint density at radius 1 is 0.607 bits per heavy atom. The minimum absolute atomic E-state index is 1.15. The van der Waals surface area contributed by atoms with Gasteiger partial charge in [-0.2, -0.15) is 0 Å². The standard InChI is InChI=1S/C23H30GeN4/c1-25-12-15-28-16-13-26(2)24(25,27(3)14-17-28)23-21-10-6-4-8-19(21)18-20-9-5-7-11-22(20)23/h4-11,18H,12-17H2,1-3H3. The van der Waals surface area contributed by atoms with Crippen LogP contribution in [-0.4, -0.2) is 90.8 Å². The third-order valence-electron chi connectivity index (χ3n) is 6.96. The molecule has 5 heteroatoms. The first-order chi connectivity index (χ1) is 13.6. The molecular weight excluding hydrogens is 405 g/mol. The molecule has 3 aromatic carbocycles. The molecule has 3 heterocycles. The fourth-order valence-electron chi connectivity index (χ4n) is 5.50. The number of likely N-dealkylation sites (N-methyl/N-ethyl adjacent to an activating group) is 3. The molecule has 3 aromatic rings. The van der Waals surface area contributed by atoms with Crippen molar-refractivity contribution in [1.82, 2.24) is 16.5 Å². The molecule has 3 saturated heterocycles. The van der Waals surface area contributed by atoms with Gasteiger partial charge in [0.15, 0.2) is 0 Å². The molecule has 0 spiro atoms. The summed E-state index contributed by atoms with van der Waals surface area (Å²) in [5.41, 5.74) is 0. The van der Waals surface area contributed by atoms with Crippen LogP contribution in [0.2, 0.25) is 0 Å². The Labute approximate surface area is 171 Å². The predicted molar refractivity (Wildman–Crippen MR) is 121 cm³/mol. The Bertz CT molecular complexity index is 930. The fourth-order valence-corrected chi connectivity index (χ4v) is 16.6. The molecule has 0 saturated carbocycles. The van der Waals surface area contributed by atoms with Crippen molar-refractivity contribution in [2.45, 2.75) is 0 Å². The van der Waals surface area contributed by atoms with E-state index < -0.39 is 13.9 Å². The second-order valence-electron chi connectivity index (χ2n) is 8.44. The quantitative estimate of drug-likeness (QED) is 0.430. The van der Waals surface area contributed by atoms with Gasteiger partial charge in [-0.1, -0.05) is 0 Å². The zero-order valence-corrected chi connectivity index (χ0v) is 19.3. The monoisotopic (exact) mass is 436 g/mol. The van der Waals surface area contributed by atoms with Gasteiger partial charge in [-0.3, -0.25) is 0 Å². The molecule has 0 amide bonds. The van der Waals surface area contributed by atoms with E-state index in [1.807, 2.05) is 0 Å². The van der Waals surface area contributed by atoms with Gasteiger partial charge in [-0.05, 0) is 0 Å².